The zero-order valence-electron chi connectivity index (χ0n) is 18.5. The zero-order valence-corrected chi connectivity index (χ0v) is 19.3. The van der Waals surface area contributed by atoms with E-state index in [4.69, 9.17) is 4.74 Å². The average Bonchev–Trinajstić information content (AvgIpc) is 3.43. The van der Waals surface area contributed by atoms with E-state index in [0.717, 1.165) is 19.3 Å². The van der Waals surface area contributed by atoms with Crippen molar-refractivity contribution in [1.29, 1.82) is 0 Å². The van der Waals surface area contributed by atoms with Crippen LogP contribution in [0.5, 0.6) is 5.75 Å². The third-order valence-electron chi connectivity index (χ3n) is 6.82. The van der Waals surface area contributed by atoms with Crippen LogP contribution in [0, 0.1) is 11.8 Å². The molecule has 3 aliphatic rings. The molecule has 3 N–H and O–H groups in total. The molecule has 2 bridgehead atoms. The SMILES string of the molecule is CCCNC(=O)[C@@H]1[C@@H]2CCC3(S2)C(C(=O)Nc2ccc(OC)cc2)N(CCCO)C(=O)[C@H]13. The third kappa shape index (κ3) is 3.75. The van der Waals surface area contributed by atoms with Crippen LogP contribution in [0.4, 0.5) is 5.69 Å². The van der Waals surface area contributed by atoms with Gasteiger partial charge in [0, 0.05) is 30.6 Å². The summed E-state index contributed by atoms with van der Waals surface area (Å²) in [4.78, 5) is 41.7. The molecule has 0 aliphatic carbocycles. The van der Waals surface area contributed by atoms with Crippen molar-refractivity contribution in [2.24, 2.45) is 11.8 Å². The van der Waals surface area contributed by atoms with Gasteiger partial charge in [0.15, 0.2) is 0 Å². The van der Waals surface area contributed by atoms with Crippen LogP contribution in [0.15, 0.2) is 24.3 Å². The van der Waals surface area contributed by atoms with Gasteiger partial charge in [0.2, 0.25) is 17.7 Å². The molecule has 4 rings (SSSR count). The number of amides is 3. The highest BCUT2D eigenvalue weighted by Gasteiger charge is 2.73. The first-order chi connectivity index (χ1) is 15.5. The van der Waals surface area contributed by atoms with Crippen LogP contribution in [0.1, 0.15) is 32.6 Å². The molecule has 0 radical (unpaired) electrons. The molecule has 1 spiro atoms. The molecule has 174 valence electrons. The van der Waals surface area contributed by atoms with Crippen molar-refractivity contribution in [3.05, 3.63) is 24.3 Å². The number of methoxy groups -OCH3 is 1. The number of aliphatic hydroxyl groups excluding tert-OH is 1. The van der Waals surface area contributed by atoms with E-state index < -0.39 is 22.6 Å². The first-order valence-corrected chi connectivity index (χ1v) is 12.2. The van der Waals surface area contributed by atoms with Crippen molar-refractivity contribution in [3.8, 4) is 5.75 Å². The molecule has 9 heteroatoms. The number of thioether (sulfide) groups is 1. The number of nitrogens with one attached hydrogen (secondary N) is 2. The molecule has 1 aromatic rings. The number of benzene rings is 1. The van der Waals surface area contributed by atoms with E-state index in [1.807, 2.05) is 6.92 Å². The molecular formula is C23H31N3O5S. The number of fused-ring (bicyclic) bond motifs is 1. The normalized spacial score (nSPS) is 30.3. The van der Waals surface area contributed by atoms with Gasteiger partial charge in [0.25, 0.3) is 0 Å². The molecule has 8 nitrogen and oxygen atoms in total. The smallest absolute Gasteiger partial charge is 0.248 e. The Hall–Kier alpha value is -2.26. The van der Waals surface area contributed by atoms with Gasteiger partial charge in [-0.3, -0.25) is 14.4 Å². The van der Waals surface area contributed by atoms with Gasteiger partial charge in [-0.15, -0.1) is 11.8 Å². The fourth-order valence-electron chi connectivity index (χ4n) is 5.49. The Balaban J connectivity index is 1.63. The summed E-state index contributed by atoms with van der Waals surface area (Å²) in [5, 5.41) is 15.4. The second-order valence-electron chi connectivity index (χ2n) is 8.67. The number of hydrogen-bond acceptors (Lipinski definition) is 6. The van der Waals surface area contributed by atoms with Gasteiger partial charge in [0.05, 0.1) is 23.7 Å². The largest absolute Gasteiger partial charge is 0.497 e. The number of carbonyl (C=O) groups excluding carboxylic acids is 3. The van der Waals surface area contributed by atoms with Crippen molar-refractivity contribution in [1.82, 2.24) is 10.2 Å². The number of rotatable bonds is 9. The third-order valence-corrected chi connectivity index (χ3v) is 8.77. The second kappa shape index (κ2) is 9.31. The predicted octanol–water partition coefficient (Wildman–Crippen LogP) is 1.63. The number of aliphatic hydroxyl groups is 1. The van der Waals surface area contributed by atoms with Crippen LogP contribution in [-0.2, 0) is 14.4 Å². The van der Waals surface area contributed by atoms with Crippen molar-refractivity contribution in [2.45, 2.75) is 48.6 Å². The van der Waals surface area contributed by atoms with Crippen molar-refractivity contribution >= 4 is 35.2 Å². The van der Waals surface area contributed by atoms with Crippen LogP contribution in [-0.4, -0.2) is 70.6 Å². The Morgan fingerprint density at radius 2 is 2.03 bits per heavy atom. The zero-order chi connectivity index (χ0) is 22.9. The maximum absolute atomic E-state index is 13.6. The highest BCUT2D eigenvalue weighted by Crippen LogP contribution is 2.66. The van der Waals surface area contributed by atoms with Crippen molar-refractivity contribution in [3.63, 3.8) is 0 Å². The van der Waals surface area contributed by atoms with E-state index in [2.05, 4.69) is 10.6 Å². The Labute approximate surface area is 192 Å². The molecule has 3 amide bonds. The Bertz CT molecular complexity index is 879. The summed E-state index contributed by atoms with van der Waals surface area (Å²) in [7, 11) is 1.58. The Morgan fingerprint density at radius 3 is 2.69 bits per heavy atom. The molecule has 3 heterocycles. The molecule has 2 unspecified atom stereocenters. The van der Waals surface area contributed by atoms with Crippen LogP contribution >= 0.6 is 11.8 Å². The molecule has 3 aliphatic heterocycles. The van der Waals surface area contributed by atoms with E-state index in [1.54, 1.807) is 48.0 Å². The van der Waals surface area contributed by atoms with Gasteiger partial charge < -0.3 is 25.4 Å². The average molecular weight is 462 g/mol. The van der Waals surface area contributed by atoms with Gasteiger partial charge in [0.1, 0.15) is 11.8 Å². The summed E-state index contributed by atoms with van der Waals surface area (Å²) in [5.74, 6) is -0.696. The lowest BCUT2D eigenvalue weighted by Crippen LogP contribution is -2.52. The van der Waals surface area contributed by atoms with Gasteiger partial charge in [-0.1, -0.05) is 6.92 Å². The summed E-state index contributed by atoms with van der Waals surface area (Å²) in [5.41, 5.74) is 0.625. The predicted molar refractivity (Wildman–Crippen MR) is 122 cm³/mol. The fourth-order valence-corrected chi connectivity index (χ4v) is 7.71. The summed E-state index contributed by atoms with van der Waals surface area (Å²) < 4.78 is 4.57. The van der Waals surface area contributed by atoms with Gasteiger partial charge in [-0.25, -0.2) is 0 Å². The summed E-state index contributed by atoms with van der Waals surface area (Å²) in [6.45, 7) is 2.80. The van der Waals surface area contributed by atoms with Gasteiger partial charge in [-0.05, 0) is 49.9 Å². The van der Waals surface area contributed by atoms with Crippen molar-refractivity contribution < 1.29 is 24.2 Å². The minimum Gasteiger partial charge on any atom is -0.497 e. The van der Waals surface area contributed by atoms with Gasteiger partial charge >= 0.3 is 0 Å². The van der Waals surface area contributed by atoms with E-state index in [1.165, 1.54) is 0 Å². The first-order valence-electron chi connectivity index (χ1n) is 11.3. The minimum absolute atomic E-state index is 0.0529. The molecular weight excluding hydrogens is 430 g/mol. The van der Waals surface area contributed by atoms with E-state index in [9.17, 15) is 19.5 Å². The Morgan fingerprint density at radius 1 is 1.28 bits per heavy atom. The lowest BCUT2D eigenvalue weighted by atomic mass is 9.70. The molecule has 5 atom stereocenters. The summed E-state index contributed by atoms with van der Waals surface area (Å²) in [6, 6.07) is 6.39. The minimum atomic E-state index is -0.673. The lowest BCUT2D eigenvalue weighted by molar-refractivity contribution is -0.139. The highest BCUT2D eigenvalue weighted by molar-refractivity contribution is 8.02. The van der Waals surface area contributed by atoms with Gasteiger partial charge in [-0.2, -0.15) is 0 Å². The molecule has 3 saturated heterocycles. The molecule has 3 fully saturated rings. The topological polar surface area (TPSA) is 108 Å². The number of ether oxygens (including phenoxy) is 1. The molecule has 1 aromatic carbocycles. The highest BCUT2D eigenvalue weighted by atomic mass is 32.2. The number of nitrogens with zero attached hydrogens (tertiary/aromatic N) is 1. The standard InChI is InChI=1S/C23H31N3O5S/c1-3-11-24-20(28)17-16-9-10-23(32-16)18(17)22(30)26(12-4-13-27)19(23)21(29)25-14-5-7-15(31-2)8-6-14/h5-8,16-19,27H,3-4,9-13H2,1-2H3,(H,24,28)(H,25,29)/t16-,17+,18-,19?,23?/m0/s1. The fraction of sp³-hybridized carbons (Fsp3) is 0.609. The van der Waals surface area contributed by atoms with E-state index in [-0.39, 0.29) is 29.6 Å². The quantitative estimate of drug-likeness (QED) is 0.516. The maximum Gasteiger partial charge on any atom is 0.248 e. The van der Waals surface area contributed by atoms with Crippen LogP contribution in [0.3, 0.4) is 0 Å². The molecule has 0 saturated carbocycles. The summed E-state index contributed by atoms with van der Waals surface area (Å²) >= 11 is 1.65. The second-order valence-corrected chi connectivity index (χ2v) is 10.3. The van der Waals surface area contributed by atoms with Crippen LogP contribution in [0.2, 0.25) is 0 Å². The maximum atomic E-state index is 13.6. The first kappa shape index (κ1) is 22.9. The number of hydrogen-bond donors (Lipinski definition) is 3. The van der Waals surface area contributed by atoms with Crippen LogP contribution < -0.4 is 15.4 Å². The van der Waals surface area contributed by atoms with E-state index >= 15 is 0 Å². The molecule has 0 aromatic heterocycles. The number of carbonyl (C=O) groups is 3. The number of anilines is 1. The Kier molecular flexibility index (Phi) is 6.67. The van der Waals surface area contributed by atoms with E-state index in [0.29, 0.717) is 30.9 Å². The van der Waals surface area contributed by atoms with Crippen molar-refractivity contribution in [2.75, 3.05) is 32.1 Å². The summed E-state index contributed by atoms with van der Waals surface area (Å²) in [6.07, 6.45) is 2.77. The monoisotopic (exact) mass is 461 g/mol. The molecule has 32 heavy (non-hydrogen) atoms. The van der Waals surface area contributed by atoms with Crippen LogP contribution in [0.25, 0.3) is 0 Å². The lowest BCUT2D eigenvalue weighted by Gasteiger charge is -2.34. The number of likely N-dealkylation sites (tertiary alicyclic amines) is 1.